The van der Waals surface area contributed by atoms with Gasteiger partial charge in [-0.2, -0.15) is 0 Å². The first kappa shape index (κ1) is 58.7. The summed E-state index contributed by atoms with van der Waals surface area (Å²) >= 11 is 0. The summed E-state index contributed by atoms with van der Waals surface area (Å²) in [6.07, 6.45) is 46.5. The number of allylic oxidation sites excluding steroid dienone is 3. The molecule has 9 heteroatoms. The highest BCUT2D eigenvalue weighted by Crippen LogP contribution is 2.23. The van der Waals surface area contributed by atoms with Gasteiger partial charge in [0, 0.05) is 6.42 Å². The lowest BCUT2D eigenvalue weighted by atomic mass is 9.99. The topological polar surface area (TPSA) is 149 Å². The van der Waals surface area contributed by atoms with Crippen LogP contribution in [0.3, 0.4) is 0 Å². The minimum absolute atomic E-state index is 0.176. The second kappa shape index (κ2) is 43.6. The molecule has 1 saturated heterocycles. The van der Waals surface area contributed by atoms with Crippen LogP contribution in [0.2, 0.25) is 0 Å². The van der Waals surface area contributed by atoms with Crippen molar-refractivity contribution < 1.29 is 39.8 Å². The lowest BCUT2D eigenvalue weighted by Gasteiger charge is -2.40. The van der Waals surface area contributed by atoms with E-state index in [1.807, 2.05) is 6.08 Å². The zero-order valence-corrected chi connectivity index (χ0v) is 40.4. The smallest absolute Gasteiger partial charge is 0.220 e. The molecule has 0 aliphatic carbocycles. The van der Waals surface area contributed by atoms with E-state index < -0.39 is 49.5 Å². The molecule has 0 aromatic carbocycles. The second-order valence-corrected chi connectivity index (χ2v) is 18.7. The van der Waals surface area contributed by atoms with Gasteiger partial charge in [-0.15, -0.1) is 0 Å². The van der Waals surface area contributed by atoms with Gasteiger partial charge in [0.25, 0.3) is 0 Å². The van der Waals surface area contributed by atoms with Crippen LogP contribution in [-0.4, -0.2) is 87.5 Å². The van der Waals surface area contributed by atoms with Gasteiger partial charge in [-0.3, -0.25) is 4.79 Å². The molecule has 9 nitrogen and oxygen atoms in total. The molecule has 366 valence electrons. The second-order valence-electron chi connectivity index (χ2n) is 18.7. The fraction of sp³-hybridized carbons (Fsp3) is 0.906. The Morgan fingerprint density at radius 1 is 0.532 bits per heavy atom. The molecule has 1 amide bonds. The Balaban J connectivity index is 2.28. The van der Waals surface area contributed by atoms with Gasteiger partial charge in [0.05, 0.1) is 25.4 Å². The van der Waals surface area contributed by atoms with Crippen molar-refractivity contribution in [2.45, 2.75) is 294 Å². The minimum atomic E-state index is -1.56. The van der Waals surface area contributed by atoms with Crippen molar-refractivity contribution in [1.82, 2.24) is 5.32 Å². The molecule has 1 heterocycles. The number of carbonyl (C=O) groups is 1. The molecule has 1 aliphatic rings. The zero-order chi connectivity index (χ0) is 45.1. The summed E-state index contributed by atoms with van der Waals surface area (Å²) < 4.78 is 11.2. The first-order chi connectivity index (χ1) is 30.3. The molecule has 7 atom stereocenters. The molecule has 0 radical (unpaired) electrons. The monoisotopic (exact) mass is 880 g/mol. The van der Waals surface area contributed by atoms with E-state index in [1.54, 1.807) is 6.08 Å². The van der Waals surface area contributed by atoms with Crippen molar-refractivity contribution in [2.24, 2.45) is 0 Å². The molecular weight excluding hydrogens is 779 g/mol. The Hall–Kier alpha value is -1.33. The van der Waals surface area contributed by atoms with Crippen LogP contribution < -0.4 is 5.32 Å². The van der Waals surface area contributed by atoms with Crippen LogP contribution in [0.5, 0.6) is 0 Å². The molecular formula is C53H101NO8. The molecule has 6 N–H and O–H groups in total. The molecule has 7 unspecified atom stereocenters. The third-order valence-electron chi connectivity index (χ3n) is 12.8. The van der Waals surface area contributed by atoms with Crippen molar-refractivity contribution in [3.63, 3.8) is 0 Å². The number of aliphatic hydroxyl groups excluding tert-OH is 5. The van der Waals surface area contributed by atoms with E-state index in [4.69, 9.17) is 9.47 Å². The summed E-state index contributed by atoms with van der Waals surface area (Å²) in [5, 5.41) is 54.4. The quantitative estimate of drug-likeness (QED) is 0.0262. The number of aliphatic hydroxyl groups is 5. The summed E-state index contributed by atoms with van der Waals surface area (Å²) in [7, 11) is 0. The average Bonchev–Trinajstić information content (AvgIpc) is 3.27. The largest absolute Gasteiger partial charge is 0.394 e. The van der Waals surface area contributed by atoms with Crippen LogP contribution in [0.15, 0.2) is 24.3 Å². The lowest BCUT2D eigenvalue weighted by molar-refractivity contribution is -0.302. The van der Waals surface area contributed by atoms with E-state index in [-0.39, 0.29) is 12.5 Å². The maximum atomic E-state index is 13.0. The Morgan fingerprint density at radius 2 is 0.903 bits per heavy atom. The van der Waals surface area contributed by atoms with Crippen LogP contribution in [0.4, 0.5) is 0 Å². The van der Waals surface area contributed by atoms with E-state index in [2.05, 4.69) is 31.3 Å². The Morgan fingerprint density at radius 3 is 1.31 bits per heavy atom. The summed E-state index contributed by atoms with van der Waals surface area (Å²) in [6, 6.07) is -0.803. The molecule has 0 aromatic heterocycles. The number of hydrogen-bond donors (Lipinski definition) is 6. The molecule has 1 aliphatic heterocycles. The third-order valence-corrected chi connectivity index (χ3v) is 12.8. The van der Waals surface area contributed by atoms with Crippen molar-refractivity contribution in [2.75, 3.05) is 13.2 Å². The number of nitrogens with one attached hydrogen (secondary N) is 1. The van der Waals surface area contributed by atoms with Gasteiger partial charge in [0.15, 0.2) is 6.29 Å². The van der Waals surface area contributed by atoms with Crippen molar-refractivity contribution in [3.8, 4) is 0 Å². The summed E-state index contributed by atoms with van der Waals surface area (Å²) in [4.78, 5) is 13.0. The highest BCUT2D eigenvalue weighted by Gasteiger charge is 2.44. The first-order valence-electron chi connectivity index (χ1n) is 26.6. The molecule has 1 fully saturated rings. The molecule has 62 heavy (non-hydrogen) atoms. The highest BCUT2D eigenvalue weighted by molar-refractivity contribution is 5.76. The number of rotatable bonds is 45. The van der Waals surface area contributed by atoms with Gasteiger partial charge in [0.1, 0.15) is 24.4 Å². The minimum Gasteiger partial charge on any atom is -0.394 e. The maximum absolute atomic E-state index is 13.0. The predicted molar refractivity (Wildman–Crippen MR) is 258 cm³/mol. The zero-order valence-electron chi connectivity index (χ0n) is 40.4. The third kappa shape index (κ3) is 33.2. The molecule has 0 bridgehead atoms. The molecule has 0 saturated carbocycles. The van der Waals surface area contributed by atoms with Crippen molar-refractivity contribution >= 4 is 5.91 Å². The number of unbranched alkanes of at least 4 members (excludes halogenated alkanes) is 33. The van der Waals surface area contributed by atoms with E-state index in [0.717, 1.165) is 38.5 Å². The summed E-state index contributed by atoms with van der Waals surface area (Å²) in [5.74, 6) is -0.176. The van der Waals surface area contributed by atoms with Gasteiger partial charge in [-0.05, 0) is 44.9 Å². The Kier molecular flexibility index (Phi) is 41.2. The number of carbonyl (C=O) groups excluding carboxylic acids is 1. The molecule has 1 rings (SSSR count). The van der Waals surface area contributed by atoms with Gasteiger partial charge < -0.3 is 40.3 Å². The van der Waals surface area contributed by atoms with Gasteiger partial charge in [-0.25, -0.2) is 0 Å². The van der Waals surface area contributed by atoms with E-state index in [9.17, 15) is 30.3 Å². The summed E-state index contributed by atoms with van der Waals surface area (Å²) in [6.45, 7) is 3.80. The average molecular weight is 880 g/mol. The number of amides is 1. The van der Waals surface area contributed by atoms with E-state index in [0.29, 0.717) is 6.42 Å². The summed E-state index contributed by atoms with van der Waals surface area (Å²) in [5.41, 5.74) is 0. The SMILES string of the molecule is CCCCCCCCCC/C=C\CCCCCCCCCCCC(=O)NC(COC1OC(CO)C(O)C(O)C1O)C(O)/C=C/CCCCCCCCCCCCCCCCCC. The van der Waals surface area contributed by atoms with Gasteiger partial charge >= 0.3 is 0 Å². The predicted octanol–water partition coefficient (Wildman–Crippen LogP) is 12.2. The lowest BCUT2D eigenvalue weighted by Crippen LogP contribution is -2.60. The fourth-order valence-electron chi connectivity index (χ4n) is 8.51. The standard InChI is InChI=1S/C53H101NO8/c1-3-5-7-9-11-13-15-17-19-21-23-24-25-27-29-31-33-35-37-39-41-43-49(57)54-46(45-61-53-52(60)51(59)50(58)48(44-55)62-53)47(56)42-40-38-36-34-32-30-28-26-22-20-18-16-14-12-10-8-6-4-2/h21,23,40,42,46-48,50-53,55-56,58-60H,3-20,22,24-39,41,43-45H2,1-2H3,(H,54,57)/b23-21-,42-40+. The maximum Gasteiger partial charge on any atom is 0.220 e. The number of ether oxygens (including phenoxy) is 2. The van der Waals surface area contributed by atoms with E-state index >= 15 is 0 Å². The van der Waals surface area contributed by atoms with Crippen LogP contribution in [0.25, 0.3) is 0 Å². The first-order valence-corrected chi connectivity index (χ1v) is 26.6. The Labute approximate surface area is 381 Å². The number of hydrogen-bond acceptors (Lipinski definition) is 8. The Bertz CT molecular complexity index is 1020. The normalized spacial score (nSPS) is 20.4. The van der Waals surface area contributed by atoms with Crippen LogP contribution in [0, 0.1) is 0 Å². The van der Waals surface area contributed by atoms with Crippen LogP contribution in [-0.2, 0) is 14.3 Å². The van der Waals surface area contributed by atoms with Crippen molar-refractivity contribution in [1.29, 1.82) is 0 Å². The van der Waals surface area contributed by atoms with Crippen LogP contribution in [0.1, 0.15) is 251 Å². The van der Waals surface area contributed by atoms with Crippen molar-refractivity contribution in [3.05, 3.63) is 24.3 Å². The van der Waals surface area contributed by atoms with Gasteiger partial charge in [-0.1, -0.05) is 224 Å². The van der Waals surface area contributed by atoms with Crippen LogP contribution >= 0.6 is 0 Å². The highest BCUT2D eigenvalue weighted by atomic mass is 16.7. The molecule has 0 spiro atoms. The fourth-order valence-corrected chi connectivity index (χ4v) is 8.51. The van der Waals surface area contributed by atoms with E-state index in [1.165, 1.54) is 193 Å². The van der Waals surface area contributed by atoms with Gasteiger partial charge in [0.2, 0.25) is 5.91 Å². The molecule has 0 aromatic rings.